The number of methoxy groups -OCH3 is 1. The first kappa shape index (κ1) is 21.1. The van der Waals surface area contributed by atoms with Crippen LogP contribution in [0.4, 0.5) is 4.39 Å². The molecule has 1 unspecified atom stereocenters. The minimum atomic E-state index is -0.381. The van der Waals surface area contributed by atoms with Crippen molar-refractivity contribution in [2.45, 2.75) is 45.7 Å². The van der Waals surface area contributed by atoms with Gasteiger partial charge in [-0.25, -0.2) is 9.18 Å². The smallest absolute Gasteiger partial charge is 0.337 e. The van der Waals surface area contributed by atoms with E-state index in [2.05, 4.69) is 9.88 Å². The number of fused-ring (bicyclic) bond motifs is 3. The van der Waals surface area contributed by atoms with Crippen LogP contribution in [0.5, 0.6) is 0 Å². The Balaban J connectivity index is 1.78. The van der Waals surface area contributed by atoms with Crippen molar-refractivity contribution in [2.24, 2.45) is 5.92 Å². The number of esters is 1. The molecular weight excluding hydrogens is 395 g/mol. The lowest BCUT2D eigenvalue weighted by molar-refractivity contribution is -0.124. The summed E-state index contributed by atoms with van der Waals surface area (Å²) in [4.78, 5) is 24.4. The summed E-state index contributed by atoms with van der Waals surface area (Å²) in [7, 11) is 1.37. The molecule has 1 heterocycles. The van der Waals surface area contributed by atoms with Gasteiger partial charge >= 0.3 is 5.97 Å². The van der Waals surface area contributed by atoms with Crippen LogP contribution in [-0.2, 0) is 28.9 Å². The minimum absolute atomic E-state index is 0.0483. The number of hydrogen-bond donors (Lipinski definition) is 1. The highest BCUT2D eigenvalue weighted by atomic mass is 19.1. The van der Waals surface area contributed by atoms with Gasteiger partial charge in [-0.1, -0.05) is 26.0 Å². The van der Waals surface area contributed by atoms with Gasteiger partial charge in [0, 0.05) is 35.1 Å². The Morgan fingerprint density at radius 2 is 2.03 bits per heavy atom. The zero-order valence-electron chi connectivity index (χ0n) is 18.1. The molecule has 1 atom stereocenters. The van der Waals surface area contributed by atoms with Gasteiger partial charge in [-0.15, -0.1) is 0 Å². The first-order valence-corrected chi connectivity index (χ1v) is 10.6. The molecule has 0 saturated heterocycles. The van der Waals surface area contributed by atoms with E-state index in [1.807, 2.05) is 32.0 Å². The molecule has 1 aromatic heterocycles. The van der Waals surface area contributed by atoms with Gasteiger partial charge in [0.05, 0.1) is 12.7 Å². The second-order valence-electron chi connectivity index (χ2n) is 8.47. The van der Waals surface area contributed by atoms with Crippen LogP contribution in [0.15, 0.2) is 42.5 Å². The SMILES string of the molecule is COC(=O)c1ccc2c(c1)c1c(n2Cc2cccc(F)c2)CCC(NC(=O)C(C)C)C1. The van der Waals surface area contributed by atoms with Crippen molar-refractivity contribution in [3.05, 3.63) is 70.7 Å². The summed E-state index contributed by atoms with van der Waals surface area (Å²) in [5, 5.41) is 4.13. The van der Waals surface area contributed by atoms with Crippen molar-refractivity contribution in [3.8, 4) is 0 Å². The van der Waals surface area contributed by atoms with E-state index in [0.717, 1.165) is 34.9 Å². The third-order valence-corrected chi connectivity index (χ3v) is 5.99. The number of ether oxygens (including phenoxy) is 1. The average Bonchev–Trinajstić information content (AvgIpc) is 3.05. The summed E-state index contributed by atoms with van der Waals surface area (Å²) in [5.41, 5.74) is 4.69. The van der Waals surface area contributed by atoms with Crippen LogP contribution in [0.25, 0.3) is 10.9 Å². The topological polar surface area (TPSA) is 60.3 Å². The van der Waals surface area contributed by atoms with Crippen LogP contribution >= 0.6 is 0 Å². The van der Waals surface area contributed by atoms with Gasteiger partial charge in [-0.05, 0) is 60.7 Å². The molecule has 1 amide bonds. The number of nitrogens with one attached hydrogen (secondary N) is 1. The van der Waals surface area contributed by atoms with Gasteiger partial charge in [0.25, 0.3) is 0 Å². The Bertz CT molecular complexity index is 1150. The quantitative estimate of drug-likeness (QED) is 0.626. The highest BCUT2D eigenvalue weighted by molar-refractivity contribution is 5.96. The minimum Gasteiger partial charge on any atom is -0.465 e. The molecule has 0 fully saturated rings. The van der Waals surface area contributed by atoms with E-state index < -0.39 is 0 Å². The first-order chi connectivity index (χ1) is 14.9. The number of aromatic nitrogens is 1. The summed E-state index contributed by atoms with van der Waals surface area (Å²) in [6, 6.07) is 12.2. The van der Waals surface area contributed by atoms with Gasteiger partial charge in [0.2, 0.25) is 5.91 Å². The van der Waals surface area contributed by atoms with Gasteiger partial charge in [0.15, 0.2) is 0 Å². The van der Waals surface area contributed by atoms with E-state index in [4.69, 9.17) is 4.74 Å². The molecule has 3 aromatic rings. The molecular formula is C25H27FN2O3. The van der Waals surface area contributed by atoms with Gasteiger partial charge in [0.1, 0.15) is 5.82 Å². The summed E-state index contributed by atoms with van der Waals surface area (Å²) in [5.74, 6) is -0.657. The van der Waals surface area contributed by atoms with Gasteiger partial charge < -0.3 is 14.6 Å². The van der Waals surface area contributed by atoms with Crippen molar-refractivity contribution in [2.75, 3.05) is 7.11 Å². The lowest BCUT2D eigenvalue weighted by Crippen LogP contribution is -2.41. The van der Waals surface area contributed by atoms with E-state index >= 15 is 0 Å². The standard InChI is InChI=1S/C25H27FN2O3/c1-15(2)24(29)27-19-8-10-23-21(13-19)20-12-17(25(30)31-3)7-9-22(20)28(23)14-16-5-4-6-18(26)11-16/h4-7,9,11-12,15,19H,8,10,13-14H2,1-3H3,(H,27,29). The van der Waals surface area contributed by atoms with Crippen molar-refractivity contribution < 1.29 is 18.7 Å². The number of carbonyl (C=O) groups excluding carboxylic acids is 2. The predicted octanol–water partition coefficient (Wildman–Crippen LogP) is 4.24. The molecule has 162 valence electrons. The molecule has 1 aliphatic rings. The Hall–Kier alpha value is -3.15. The molecule has 1 aliphatic carbocycles. The number of amides is 1. The van der Waals surface area contributed by atoms with Gasteiger partial charge in [-0.2, -0.15) is 0 Å². The van der Waals surface area contributed by atoms with Crippen LogP contribution in [-0.4, -0.2) is 29.6 Å². The molecule has 4 rings (SSSR count). The molecule has 2 aromatic carbocycles. The lowest BCUT2D eigenvalue weighted by atomic mass is 9.90. The molecule has 1 N–H and O–H groups in total. The highest BCUT2D eigenvalue weighted by Crippen LogP contribution is 2.34. The molecule has 0 saturated carbocycles. The Labute approximate surface area is 181 Å². The maximum absolute atomic E-state index is 13.8. The fraction of sp³-hybridized carbons (Fsp3) is 0.360. The van der Waals surface area contributed by atoms with Crippen LogP contribution in [0.2, 0.25) is 0 Å². The van der Waals surface area contributed by atoms with Crippen LogP contribution in [0, 0.1) is 11.7 Å². The Kier molecular flexibility index (Phi) is 5.81. The average molecular weight is 423 g/mol. The predicted molar refractivity (Wildman–Crippen MR) is 118 cm³/mol. The highest BCUT2D eigenvalue weighted by Gasteiger charge is 2.27. The third-order valence-electron chi connectivity index (χ3n) is 5.99. The maximum atomic E-state index is 13.8. The summed E-state index contributed by atoms with van der Waals surface area (Å²) < 4.78 is 20.9. The fourth-order valence-corrected chi connectivity index (χ4v) is 4.38. The first-order valence-electron chi connectivity index (χ1n) is 10.6. The third kappa shape index (κ3) is 4.20. The molecule has 0 aliphatic heterocycles. The van der Waals surface area contributed by atoms with E-state index in [0.29, 0.717) is 18.5 Å². The van der Waals surface area contributed by atoms with Crippen LogP contribution < -0.4 is 5.32 Å². The van der Waals surface area contributed by atoms with Crippen molar-refractivity contribution in [3.63, 3.8) is 0 Å². The largest absolute Gasteiger partial charge is 0.465 e. The van der Waals surface area contributed by atoms with Gasteiger partial charge in [-0.3, -0.25) is 4.79 Å². The number of benzene rings is 2. The molecule has 0 radical (unpaired) electrons. The number of nitrogens with zero attached hydrogens (tertiary/aromatic N) is 1. The second-order valence-corrected chi connectivity index (χ2v) is 8.47. The maximum Gasteiger partial charge on any atom is 0.337 e. The van der Waals surface area contributed by atoms with Crippen LogP contribution in [0.1, 0.15) is 47.4 Å². The molecule has 6 heteroatoms. The van der Waals surface area contributed by atoms with E-state index in [-0.39, 0.29) is 29.7 Å². The summed E-state index contributed by atoms with van der Waals surface area (Å²) in [6.07, 6.45) is 2.34. The lowest BCUT2D eigenvalue weighted by Gasteiger charge is -2.26. The fourth-order valence-electron chi connectivity index (χ4n) is 4.38. The summed E-state index contributed by atoms with van der Waals surface area (Å²) in [6.45, 7) is 4.32. The van der Waals surface area contributed by atoms with Crippen molar-refractivity contribution in [1.82, 2.24) is 9.88 Å². The number of carbonyl (C=O) groups is 2. The molecule has 0 bridgehead atoms. The number of rotatable bonds is 5. The number of halogens is 1. The Morgan fingerprint density at radius 1 is 1.23 bits per heavy atom. The monoisotopic (exact) mass is 422 g/mol. The van der Waals surface area contributed by atoms with E-state index in [1.165, 1.54) is 18.9 Å². The summed E-state index contributed by atoms with van der Waals surface area (Å²) >= 11 is 0. The zero-order chi connectivity index (χ0) is 22.1. The molecule has 0 spiro atoms. The normalized spacial score (nSPS) is 15.7. The van der Waals surface area contributed by atoms with Crippen molar-refractivity contribution >= 4 is 22.8 Å². The molecule has 31 heavy (non-hydrogen) atoms. The Morgan fingerprint density at radius 3 is 2.74 bits per heavy atom. The van der Waals surface area contributed by atoms with Crippen LogP contribution in [0.3, 0.4) is 0 Å². The zero-order valence-corrected chi connectivity index (χ0v) is 18.1. The van der Waals surface area contributed by atoms with Crippen molar-refractivity contribution in [1.29, 1.82) is 0 Å². The van der Waals surface area contributed by atoms with E-state index in [9.17, 15) is 14.0 Å². The second kappa shape index (κ2) is 8.53. The van der Waals surface area contributed by atoms with E-state index in [1.54, 1.807) is 18.2 Å². The number of hydrogen-bond acceptors (Lipinski definition) is 3. The molecule has 5 nitrogen and oxygen atoms in total.